The van der Waals surface area contributed by atoms with E-state index in [1.165, 1.54) is 0 Å². The van der Waals surface area contributed by atoms with Crippen molar-refractivity contribution < 1.29 is 34.1 Å². The van der Waals surface area contributed by atoms with E-state index in [2.05, 4.69) is 10.6 Å². The van der Waals surface area contributed by atoms with Crippen LogP contribution in [-0.2, 0) is 23.8 Å². The van der Waals surface area contributed by atoms with Crippen molar-refractivity contribution in [1.29, 1.82) is 0 Å². The summed E-state index contributed by atoms with van der Waals surface area (Å²) in [4.78, 5) is 22.6. The van der Waals surface area contributed by atoms with Crippen LogP contribution in [0.3, 0.4) is 0 Å². The fraction of sp³-hybridized carbons (Fsp3) is 0.857. The molecule has 0 fully saturated rings. The molecule has 0 unspecified atom stereocenters. The average Bonchev–Trinajstić information content (AvgIpc) is 2.58. The number of hydroxylamine groups is 1. The Hall–Kier alpha value is -1.30. The number of hydrogen-bond donors (Lipinski definition) is 5. The van der Waals surface area contributed by atoms with Crippen LogP contribution >= 0.6 is 0 Å². The largest absolute Gasteiger partial charge is 0.394 e. The monoisotopic (exact) mass is 351 g/mol. The molecule has 0 aliphatic heterocycles. The molecule has 2 amide bonds. The van der Waals surface area contributed by atoms with Gasteiger partial charge < -0.3 is 35.2 Å². The molecule has 0 atom stereocenters. The molecular weight excluding hydrogens is 322 g/mol. The van der Waals surface area contributed by atoms with Crippen LogP contribution in [0.1, 0.15) is 12.8 Å². The van der Waals surface area contributed by atoms with Crippen LogP contribution in [-0.4, -0.2) is 88.0 Å². The Bertz CT molecular complexity index is 319. The molecule has 0 saturated heterocycles. The van der Waals surface area contributed by atoms with Gasteiger partial charge >= 0.3 is 0 Å². The molecule has 0 bridgehead atoms. The number of amides is 2. The van der Waals surface area contributed by atoms with Crippen LogP contribution in [0.2, 0.25) is 0 Å². The Kier molecular flexibility index (Phi) is 17.1. The van der Waals surface area contributed by atoms with Gasteiger partial charge in [-0.15, -0.1) is 0 Å². The minimum absolute atomic E-state index is 0.0303. The van der Waals surface area contributed by atoms with Crippen molar-refractivity contribution >= 4 is 11.8 Å². The van der Waals surface area contributed by atoms with E-state index in [1.807, 2.05) is 5.48 Å². The summed E-state index contributed by atoms with van der Waals surface area (Å²) in [7, 11) is 0. The lowest BCUT2D eigenvalue weighted by atomic mass is 10.4. The van der Waals surface area contributed by atoms with E-state index in [0.717, 1.165) is 0 Å². The van der Waals surface area contributed by atoms with Crippen molar-refractivity contribution in [3.63, 3.8) is 0 Å². The molecule has 0 rings (SSSR count). The fourth-order valence-corrected chi connectivity index (χ4v) is 1.52. The summed E-state index contributed by atoms with van der Waals surface area (Å²) >= 11 is 0. The quantitative estimate of drug-likeness (QED) is 0.150. The van der Waals surface area contributed by atoms with Gasteiger partial charge in [0.2, 0.25) is 11.8 Å². The first-order valence-corrected chi connectivity index (χ1v) is 7.95. The summed E-state index contributed by atoms with van der Waals surface area (Å²) in [6, 6.07) is 0. The Morgan fingerprint density at radius 3 is 1.83 bits per heavy atom. The zero-order valence-electron chi connectivity index (χ0n) is 13.9. The molecule has 0 aromatic rings. The number of nitrogens with one attached hydrogen (secondary N) is 3. The van der Waals surface area contributed by atoms with E-state index < -0.39 is 0 Å². The third-order valence-electron chi connectivity index (χ3n) is 2.68. The number of aliphatic hydroxyl groups excluding tert-OH is 1. The van der Waals surface area contributed by atoms with Crippen LogP contribution in [0.25, 0.3) is 0 Å². The van der Waals surface area contributed by atoms with E-state index in [-0.39, 0.29) is 44.4 Å². The predicted molar refractivity (Wildman–Crippen MR) is 84.6 cm³/mol. The normalized spacial score (nSPS) is 10.6. The number of ether oxygens (including phenoxy) is 3. The number of aliphatic hydroxyl groups is 1. The molecule has 24 heavy (non-hydrogen) atoms. The second-order valence-electron chi connectivity index (χ2n) is 4.67. The lowest BCUT2D eigenvalue weighted by molar-refractivity contribution is -0.122. The van der Waals surface area contributed by atoms with Gasteiger partial charge in [0.1, 0.15) is 0 Å². The Morgan fingerprint density at radius 2 is 1.25 bits per heavy atom. The van der Waals surface area contributed by atoms with Crippen LogP contribution in [0.5, 0.6) is 0 Å². The minimum Gasteiger partial charge on any atom is -0.394 e. The summed E-state index contributed by atoms with van der Waals surface area (Å²) < 4.78 is 15.5. The maximum atomic E-state index is 11.4. The van der Waals surface area contributed by atoms with Crippen molar-refractivity contribution in [3.05, 3.63) is 0 Å². The standard InChI is InChI=1S/C14H29N3O7/c18-6-10-23-8-4-16-14(20)2-7-22-11-12-24-9-5-15-13(19)1-3-17-21/h17-18,21H,1-12H2,(H,15,19)(H,16,20). The maximum absolute atomic E-state index is 11.4. The Balaban J connectivity index is 3.21. The molecule has 5 N–H and O–H groups in total. The number of rotatable bonds is 17. The number of carbonyl (C=O) groups is 2. The topological polar surface area (TPSA) is 138 Å². The van der Waals surface area contributed by atoms with Gasteiger partial charge in [-0.3, -0.25) is 9.59 Å². The average molecular weight is 351 g/mol. The number of hydrogen-bond acceptors (Lipinski definition) is 8. The highest BCUT2D eigenvalue weighted by molar-refractivity contribution is 5.76. The second-order valence-corrected chi connectivity index (χ2v) is 4.67. The Morgan fingerprint density at radius 1 is 0.708 bits per heavy atom. The van der Waals surface area contributed by atoms with E-state index in [1.54, 1.807) is 0 Å². The van der Waals surface area contributed by atoms with Crippen molar-refractivity contribution in [2.45, 2.75) is 12.8 Å². The Labute approximate surface area is 141 Å². The van der Waals surface area contributed by atoms with Gasteiger partial charge in [0, 0.05) is 32.5 Å². The van der Waals surface area contributed by atoms with Gasteiger partial charge in [0.05, 0.1) is 46.2 Å². The number of carbonyl (C=O) groups excluding carboxylic acids is 2. The molecule has 0 heterocycles. The molecule has 0 saturated carbocycles. The molecule has 10 heteroatoms. The SMILES string of the molecule is O=C(CCNO)NCCOCCOCCC(=O)NCCOCCO. The lowest BCUT2D eigenvalue weighted by Crippen LogP contribution is -2.30. The van der Waals surface area contributed by atoms with E-state index in [4.69, 9.17) is 24.5 Å². The summed E-state index contributed by atoms with van der Waals surface area (Å²) in [5.41, 5.74) is 1.90. The van der Waals surface area contributed by atoms with Gasteiger partial charge in [-0.1, -0.05) is 0 Å². The first kappa shape index (κ1) is 22.7. The van der Waals surface area contributed by atoms with Gasteiger partial charge in [-0.2, -0.15) is 0 Å². The highest BCUT2D eigenvalue weighted by atomic mass is 16.5. The highest BCUT2D eigenvalue weighted by Crippen LogP contribution is 1.85. The van der Waals surface area contributed by atoms with Crippen LogP contribution in [0, 0.1) is 0 Å². The van der Waals surface area contributed by atoms with Crippen LogP contribution in [0.15, 0.2) is 0 Å². The lowest BCUT2D eigenvalue weighted by Gasteiger charge is -2.08. The van der Waals surface area contributed by atoms with Crippen molar-refractivity contribution in [2.75, 3.05) is 65.9 Å². The van der Waals surface area contributed by atoms with Gasteiger partial charge in [-0.25, -0.2) is 5.48 Å². The van der Waals surface area contributed by atoms with E-state index in [0.29, 0.717) is 46.1 Å². The fourth-order valence-electron chi connectivity index (χ4n) is 1.52. The van der Waals surface area contributed by atoms with Gasteiger partial charge in [0.25, 0.3) is 0 Å². The van der Waals surface area contributed by atoms with Crippen molar-refractivity contribution in [1.82, 2.24) is 16.1 Å². The highest BCUT2D eigenvalue weighted by Gasteiger charge is 2.01. The summed E-state index contributed by atoms with van der Waals surface area (Å²) in [6.07, 6.45) is 0.462. The predicted octanol–water partition coefficient (Wildman–Crippen LogP) is -1.98. The van der Waals surface area contributed by atoms with Crippen LogP contribution in [0.4, 0.5) is 0 Å². The molecule has 0 aromatic carbocycles. The molecule has 10 nitrogen and oxygen atoms in total. The minimum atomic E-state index is -0.163. The van der Waals surface area contributed by atoms with Crippen molar-refractivity contribution in [2.24, 2.45) is 0 Å². The smallest absolute Gasteiger partial charge is 0.222 e. The van der Waals surface area contributed by atoms with Gasteiger partial charge in [-0.05, 0) is 0 Å². The molecule has 0 spiro atoms. The maximum Gasteiger partial charge on any atom is 0.222 e. The van der Waals surface area contributed by atoms with Crippen LogP contribution < -0.4 is 16.1 Å². The second kappa shape index (κ2) is 18.0. The third kappa shape index (κ3) is 17.1. The molecule has 0 aromatic heterocycles. The molecule has 0 aliphatic rings. The molecule has 0 radical (unpaired) electrons. The molecule has 142 valence electrons. The first-order chi connectivity index (χ1) is 11.7. The first-order valence-electron chi connectivity index (χ1n) is 7.95. The van der Waals surface area contributed by atoms with E-state index >= 15 is 0 Å². The molecule has 0 aliphatic carbocycles. The summed E-state index contributed by atoms with van der Waals surface area (Å²) in [6.45, 7) is 3.04. The van der Waals surface area contributed by atoms with Crippen molar-refractivity contribution in [3.8, 4) is 0 Å². The zero-order valence-corrected chi connectivity index (χ0v) is 13.9. The van der Waals surface area contributed by atoms with Gasteiger partial charge in [0.15, 0.2) is 0 Å². The molecular formula is C14H29N3O7. The summed E-state index contributed by atoms with van der Waals surface area (Å²) in [5.74, 6) is -0.284. The zero-order chi connectivity index (χ0) is 17.9. The third-order valence-corrected chi connectivity index (χ3v) is 2.68. The summed E-state index contributed by atoms with van der Waals surface area (Å²) in [5, 5.41) is 22.1. The van der Waals surface area contributed by atoms with E-state index in [9.17, 15) is 9.59 Å².